The minimum absolute atomic E-state index is 0.183. The van der Waals surface area contributed by atoms with Gasteiger partial charge >= 0.3 is 0 Å². The van der Waals surface area contributed by atoms with E-state index in [1.165, 1.54) is 17.9 Å². The fourth-order valence-corrected chi connectivity index (χ4v) is 3.42. The van der Waals surface area contributed by atoms with E-state index >= 15 is 0 Å². The maximum atomic E-state index is 11.6. The monoisotopic (exact) mass is 296 g/mol. The molecule has 0 aliphatic heterocycles. The summed E-state index contributed by atoms with van der Waals surface area (Å²) in [6.07, 6.45) is 1.17. The second-order valence-electron chi connectivity index (χ2n) is 4.45. The Balaban J connectivity index is 2.35. The fraction of sp³-hybridized carbons (Fsp3) is 0.231. The lowest BCUT2D eigenvalue weighted by molar-refractivity contribution is 0.602. The molecule has 0 aliphatic rings. The van der Waals surface area contributed by atoms with E-state index < -0.39 is 9.84 Å². The molecule has 0 aliphatic carbocycles. The Morgan fingerprint density at radius 3 is 2.63 bits per heavy atom. The van der Waals surface area contributed by atoms with Crippen LogP contribution in [0.25, 0.3) is 0 Å². The van der Waals surface area contributed by atoms with E-state index in [-0.39, 0.29) is 4.90 Å². The van der Waals surface area contributed by atoms with Crippen molar-refractivity contribution in [3.05, 3.63) is 40.6 Å². The third-order valence-corrected chi connectivity index (χ3v) is 4.74. The van der Waals surface area contributed by atoms with Crippen LogP contribution in [0.5, 0.6) is 0 Å². The van der Waals surface area contributed by atoms with E-state index in [0.29, 0.717) is 12.2 Å². The van der Waals surface area contributed by atoms with Crippen molar-refractivity contribution in [3.8, 4) is 0 Å². The van der Waals surface area contributed by atoms with E-state index in [4.69, 9.17) is 5.73 Å². The summed E-state index contributed by atoms with van der Waals surface area (Å²) in [7, 11) is -1.40. The summed E-state index contributed by atoms with van der Waals surface area (Å²) >= 11 is 1.63. The zero-order valence-electron chi connectivity index (χ0n) is 10.8. The summed E-state index contributed by atoms with van der Waals surface area (Å²) in [5.74, 6) is 0. The SMILES string of the molecule is CN(Cc1ccsc1)c1cccc(S(C)(=O)=O)c1N. The van der Waals surface area contributed by atoms with E-state index in [0.717, 1.165) is 5.69 Å². The molecule has 1 aromatic carbocycles. The molecule has 0 radical (unpaired) electrons. The van der Waals surface area contributed by atoms with Crippen LogP contribution in [-0.4, -0.2) is 21.7 Å². The van der Waals surface area contributed by atoms with E-state index in [1.807, 2.05) is 29.5 Å². The number of hydrogen-bond acceptors (Lipinski definition) is 5. The van der Waals surface area contributed by atoms with Crippen molar-refractivity contribution in [1.29, 1.82) is 0 Å². The second-order valence-corrected chi connectivity index (χ2v) is 7.21. The molecule has 102 valence electrons. The average molecular weight is 296 g/mol. The topological polar surface area (TPSA) is 63.4 Å². The Morgan fingerprint density at radius 2 is 2.05 bits per heavy atom. The van der Waals surface area contributed by atoms with Crippen molar-refractivity contribution >= 4 is 32.5 Å². The summed E-state index contributed by atoms with van der Waals surface area (Å²) in [5.41, 5.74) is 8.20. The van der Waals surface area contributed by atoms with E-state index in [9.17, 15) is 8.42 Å². The summed E-state index contributed by atoms with van der Waals surface area (Å²) in [6, 6.07) is 7.12. The number of nitrogens with zero attached hydrogens (tertiary/aromatic N) is 1. The Hall–Kier alpha value is -1.53. The van der Waals surface area contributed by atoms with Gasteiger partial charge in [0.25, 0.3) is 0 Å². The molecule has 6 heteroatoms. The fourth-order valence-electron chi connectivity index (χ4n) is 1.93. The summed E-state index contributed by atoms with van der Waals surface area (Å²) in [4.78, 5) is 2.13. The van der Waals surface area contributed by atoms with Crippen LogP contribution in [-0.2, 0) is 16.4 Å². The van der Waals surface area contributed by atoms with Gasteiger partial charge in [0, 0.05) is 19.8 Å². The number of rotatable bonds is 4. The first-order valence-electron chi connectivity index (χ1n) is 5.70. The standard InChI is InChI=1S/C13H16N2O2S2/c1-15(8-10-6-7-18-9-10)11-4-3-5-12(13(11)14)19(2,16)17/h3-7,9H,8,14H2,1-2H3. The first kappa shape index (κ1) is 13.9. The maximum absolute atomic E-state index is 11.6. The molecule has 0 bridgehead atoms. The van der Waals surface area contributed by atoms with Gasteiger partial charge in [-0.15, -0.1) is 0 Å². The Kier molecular flexibility index (Phi) is 3.82. The first-order chi connectivity index (χ1) is 8.89. The molecule has 0 saturated carbocycles. The van der Waals surface area contributed by atoms with Crippen molar-refractivity contribution in [3.63, 3.8) is 0 Å². The highest BCUT2D eigenvalue weighted by Gasteiger charge is 2.16. The van der Waals surface area contributed by atoms with Crippen LogP contribution in [0.3, 0.4) is 0 Å². The number of hydrogen-bond donors (Lipinski definition) is 1. The molecule has 2 aromatic rings. The van der Waals surface area contributed by atoms with Gasteiger partial charge in [-0.1, -0.05) is 6.07 Å². The molecule has 2 rings (SSSR count). The second kappa shape index (κ2) is 5.22. The quantitative estimate of drug-likeness (QED) is 0.880. The van der Waals surface area contributed by atoms with Gasteiger partial charge in [-0.05, 0) is 34.5 Å². The van der Waals surface area contributed by atoms with Crippen molar-refractivity contribution in [2.24, 2.45) is 0 Å². The molecule has 0 atom stereocenters. The zero-order valence-corrected chi connectivity index (χ0v) is 12.5. The zero-order chi connectivity index (χ0) is 14.0. The molecule has 19 heavy (non-hydrogen) atoms. The summed E-state index contributed by atoms with van der Waals surface area (Å²) in [6.45, 7) is 0.695. The van der Waals surface area contributed by atoms with Crippen LogP contribution in [0.1, 0.15) is 5.56 Å². The number of para-hydroxylation sites is 1. The molecule has 1 heterocycles. The van der Waals surface area contributed by atoms with Gasteiger partial charge in [0.1, 0.15) is 0 Å². The van der Waals surface area contributed by atoms with E-state index in [1.54, 1.807) is 17.4 Å². The van der Waals surface area contributed by atoms with Gasteiger partial charge in [-0.25, -0.2) is 8.42 Å². The average Bonchev–Trinajstić information content (AvgIpc) is 2.80. The molecule has 1 aromatic heterocycles. The number of thiophene rings is 1. The molecular weight excluding hydrogens is 280 g/mol. The third kappa shape index (κ3) is 3.08. The molecular formula is C13H16N2O2S2. The number of nitrogens with two attached hydrogens (primary N) is 1. The Morgan fingerprint density at radius 1 is 1.32 bits per heavy atom. The molecule has 0 amide bonds. The van der Waals surface area contributed by atoms with Gasteiger partial charge < -0.3 is 10.6 Å². The summed E-state index contributed by atoms with van der Waals surface area (Å²) < 4.78 is 23.3. The molecule has 0 spiro atoms. The molecule has 0 fully saturated rings. The van der Waals surface area contributed by atoms with Gasteiger partial charge in [0.15, 0.2) is 9.84 Å². The lowest BCUT2D eigenvalue weighted by atomic mass is 10.2. The van der Waals surface area contributed by atoms with Crippen molar-refractivity contribution in [2.75, 3.05) is 23.9 Å². The molecule has 4 nitrogen and oxygen atoms in total. The lowest BCUT2D eigenvalue weighted by Crippen LogP contribution is -2.18. The molecule has 2 N–H and O–H groups in total. The highest BCUT2D eigenvalue weighted by atomic mass is 32.2. The number of nitrogen functional groups attached to an aromatic ring is 1. The Labute approximate surface area is 117 Å². The minimum Gasteiger partial charge on any atom is -0.396 e. The Bertz CT molecular complexity index is 664. The highest BCUT2D eigenvalue weighted by Crippen LogP contribution is 2.30. The third-order valence-electron chi connectivity index (χ3n) is 2.85. The van der Waals surface area contributed by atoms with Gasteiger partial charge in [-0.3, -0.25) is 0 Å². The van der Waals surface area contributed by atoms with Crippen LogP contribution >= 0.6 is 11.3 Å². The van der Waals surface area contributed by atoms with Crippen molar-refractivity contribution in [2.45, 2.75) is 11.4 Å². The first-order valence-corrected chi connectivity index (χ1v) is 8.54. The van der Waals surface area contributed by atoms with Gasteiger partial charge in [0.05, 0.1) is 16.3 Å². The molecule has 0 unspecified atom stereocenters. The normalized spacial score (nSPS) is 11.5. The highest BCUT2D eigenvalue weighted by molar-refractivity contribution is 7.90. The van der Waals surface area contributed by atoms with Gasteiger partial charge in [0.2, 0.25) is 0 Å². The van der Waals surface area contributed by atoms with E-state index in [2.05, 4.69) is 5.38 Å². The number of anilines is 2. The lowest BCUT2D eigenvalue weighted by Gasteiger charge is -2.21. The van der Waals surface area contributed by atoms with Crippen molar-refractivity contribution < 1.29 is 8.42 Å². The van der Waals surface area contributed by atoms with Crippen LogP contribution in [0.4, 0.5) is 11.4 Å². The van der Waals surface area contributed by atoms with Crippen LogP contribution in [0, 0.1) is 0 Å². The largest absolute Gasteiger partial charge is 0.396 e. The van der Waals surface area contributed by atoms with Gasteiger partial charge in [-0.2, -0.15) is 11.3 Å². The van der Waals surface area contributed by atoms with Crippen LogP contribution < -0.4 is 10.6 Å². The van der Waals surface area contributed by atoms with Crippen LogP contribution in [0.15, 0.2) is 39.9 Å². The minimum atomic E-state index is -3.30. The van der Waals surface area contributed by atoms with Crippen LogP contribution in [0.2, 0.25) is 0 Å². The maximum Gasteiger partial charge on any atom is 0.177 e. The van der Waals surface area contributed by atoms with Crippen molar-refractivity contribution in [1.82, 2.24) is 0 Å². The number of sulfone groups is 1. The smallest absolute Gasteiger partial charge is 0.177 e. The predicted molar refractivity (Wildman–Crippen MR) is 80.4 cm³/mol. The molecule has 0 saturated heterocycles. The summed E-state index contributed by atoms with van der Waals surface area (Å²) in [5, 5.41) is 4.08. The predicted octanol–water partition coefficient (Wildman–Crippen LogP) is 2.37. The number of benzene rings is 1.